The average Bonchev–Trinajstić information content (AvgIpc) is 3.78. The predicted octanol–water partition coefficient (Wildman–Crippen LogP) is 19.5. The molecule has 0 saturated carbocycles. The van der Waals surface area contributed by atoms with Gasteiger partial charge >= 0.3 is 0 Å². The number of nitrogens with zero attached hydrogens (tertiary/aromatic N) is 2. The van der Waals surface area contributed by atoms with Gasteiger partial charge in [-0.05, 0) is 160 Å². The average molecular weight is 915 g/mol. The van der Waals surface area contributed by atoms with Gasteiger partial charge in [-0.25, -0.2) is 0 Å². The summed E-state index contributed by atoms with van der Waals surface area (Å²) in [5, 5.41) is 12.5. The quantitative estimate of drug-likeness (QED) is 0.138. The van der Waals surface area contributed by atoms with Gasteiger partial charge in [0.2, 0.25) is 0 Å². The molecular formula is C70H46N2. The van der Waals surface area contributed by atoms with Crippen LogP contribution in [-0.2, 0) is 0 Å². The number of anilines is 3. The Morgan fingerprint density at radius 3 is 1.51 bits per heavy atom. The van der Waals surface area contributed by atoms with Crippen molar-refractivity contribution >= 4 is 82.0 Å². The third-order valence-corrected chi connectivity index (χ3v) is 14.7. The van der Waals surface area contributed by atoms with Crippen LogP contribution in [0.4, 0.5) is 17.1 Å². The summed E-state index contributed by atoms with van der Waals surface area (Å²) in [5.41, 5.74) is 16.3. The minimum atomic E-state index is 1.08. The van der Waals surface area contributed by atoms with Gasteiger partial charge in [-0.15, -0.1) is 0 Å². The Bertz CT molecular complexity index is 4350. The smallest absolute Gasteiger partial charge is 0.0547 e. The molecule has 0 amide bonds. The van der Waals surface area contributed by atoms with Crippen LogP contribution in [0.15, 0.2) is 279 Å². The molecule has 0 fully saturated rings. The molecule has 0 spiro atoms. The summed E-state index contributed by atoms with van der Waals surface area (Å²) in [6, 6.07) is 102. The highest BCUT2D eigenvalue weighted by atomic mass is 15.1. The standard InChI is InChI=1S/C70H46N2/c1-2-19-58(20-3-1)72-68-26-12-25-66(70(68)67-45-53-15-4-5-16-54(53)46-69(67)72)56-18-10-21-61(44-56)71(60-40-35-49(36-41-60)55-37-42-65-57(43-55)32-31-51-14-7-9-23-63(51)65)59-38-33-48(34-39-59)47-27-29-52(30-28-47)64-24-11-17-50-13-6-8-22-62(50)64/h1-46H. The Hall–Kier alpha value is -9.50. The molecule has 13 aromatic carbocycles. The van der Waals surface area contributed by atoms with E-state index in [0.29, 0.717) is 0 Å². The predicted molar refractivity (Wildman–Crippen MR) is 307 cm³/mol. The first-order valence-electron chi connectivity index (χ1n) is 24.8. The zero-order valence-corrected chi connectivity index (χ0v) is 39.5. The lowest BCUT2D eigenvalue weighted by atomic mass is 9.96. The van der Waals surface area contributed by atoms with Gasteiger partial charge in [0.05, 0.1) is 11.0 Å². The number of aromatic nitrogens is 1. The molecule has 0 aliphatic rings. The van der Waals surface area contributed by atoms with E-state index in [-0.39, 0.29) is 0 Å². The summed E-state index contributed by atoms with van der Waals surface area (Å²) >= 11 is 0. The highest BCUT2D eigenvalue weighted by molar-refractivity contribution is 6.19. The molecule has 0 aliphatic heterocycles. The number of rotatable bonds is 8. The van der Waals surface area contributed by atoms with Gasteiger partial charge in [0.25, 0.3) is 0 Å². The third-order valence-electron chi connectivity index (χ3n) is 14.7. The fourth-order valence-electron chi connectivity index (χ4n) is 11.2. The van der Waals surface area contributed by atoms with Crippen LogP contribution in [0.2, 0.25) is 0 Å². The molecule has 1 heterocycles. The molecule has 1 aromatic heterocycles. The Labute approximate surface area is 418 Å². The van der Waals surface area contributed by atoms with Gasteiger partial charge in [-0.1, -0.05) is 206 Å². The zero-order valence-electron chi connectivity index (χ0n) is 39.5. The fraction of sp³-hybridized carbons (Fsp3) is 0. The summed E-state index contributed by atoms with van der Waals surface area (Å²) in [4.78, 5) is 2.40. The lowest BCUT2D eigenvalue weighted by Crippen LogP contribution is -2.10. The van der Waals surface area contributed by atoms with E-state index in [1.165, 1.54) is 104 Å². The van der Waals surface area contributed by atoms with Crippen molar-refractivity contribution in [2.24, 2.45) is 0 Å². The van der Waals surface area contributed by atoms with Gasteiger partial charge < -0.3 is 9.47 Å². The molecule has 2 heteroatoms. The van der Waals surface area contributed by atoms with Crippen LogP contribution in [0, 0.1) is 0 Å². The molecular weight excluding hydrogens is 869 g/mol. The van der Waals surface area contributed by atoms with E-state index < -0.39 is 0 Å². The van der Waals surface area contributed by atoms with E-state index in [2.05, 4.69) is 289 Å². The maximum absolute atomic E-state index is 2.43. The molecule has 0 saturated heterocycles. The van der Waals surface area contributed by atoms with E-state index in [0.717, 1.165) is 28.3 Å². The van der Waals surface area contributed by atoms with Crippen LogP contribution in [-0.4, -0.2) is 4.57 Å². The van der Waals surface area contributed by atoms with Crippen LogP contribution in [0.25, 0.3) is 115 Å². The first-order valence-corrected chi connectivity index (χ1v) is 24.8. The monoisotopic (exact) mass is 914 g/mol. The van der Waals surface area contributed by atoms with E-state index in [4.69, 9.17) is 0 Å². The van der Waals surface area contributed by atoms with E-state index in [1.807, 2.05) is 0 Å². The highest BCUT2D eigenvalue weighted by Gasteiger charge is 2.20. The Balaban J connectivity index is 0.879. The number of hydrogen-bond acceptors (Lipinski definition) is 1. The molecule has 0 aliphatic carbocycles. The topological polar surface area (TPSA) is 8.17 Å². The molecule has 0 radical (unpaired) electrons. The fourth-order valence-corrected chi connectivity index (χ4v) is 11.2. The van der Waals surface area contributed by atoms with E-state index >= 15 is 0 Å². The third kappa shape index (κ3) is 7.12. The SMILES string of the molecule is c1ccc(-n2c3cc4ccccc4cc3c3c(-c4cccc(N(c5ccc(-c6ccc(-c7cccc8ccccc78)cc6)cc5)c5ccc(-c6ccc7c(ccc8ccccc87)c6)cc5)c4)cccc32)cc1. The van der Waals surface area contributed by atoms with Crippen LogP contribution in [0.3, 0.4) is 0 Å². The van der Waals surface area contributed by atoms with Crippen molar-refractivity contribution in [1.29, 1.82) is 0 Å². The van der Waals surface area contributed by atoms with E-state index in [1.54, 1.807) is 0 Å². The van der Waals surface area contributed by atoms with Gasteiger partial charge in [0.1, 0.15) is 0 Å². The maximum atomic E-state index is 2.43. The van der Waals surface area contributed by atoms with Gasteiger partial charge in [-0.2, -0.15) is 0 Å². The minimum absolute atomic E-state index is 1.08. The lowest BCUT2D eigenvalue weighted by Gasteiger charge is -2.26. The summed E-state index contributed by atoms with van der Waals surface area (Å²) in [7, 11) is 0. The second-order valence-electron chi connectivity index (χ2n) is 18.9. The van der Waals surface area contributed by atoms with Crippen LogP contribution in [0.5, 0.6) is 0 Å². The molecule has 14 aromatic rings. The molecule has 0 bridgehead atoms. The van der Waals surface area contributed by atoms with Gasteiger partial charge in [-0.3, -0.25) is 0 Å². The lowest BCUT2D eigenvalue weighted by molar-refractivity contribution is 1.18. The number of benzene rings is 13. The summed E-state index contributed by atoms with van der Waals surface area (Å²) in [6.07, 6.45) is 0. The zero-order chi connectivity index (χ0) is 47.5. The second kappa shape index (κ2) is 17.2. The molecule has 2 nitrogen and oxygen atoms in total. The second-order valence-corrected chi connectivity index (χ2v) is 18.9. The van der Waals surface area contributed by atoms with Crippen molar-refractivity contribution in [2.75, 3.05) is 4.90 Å². The molecule has 14 rings (SSSR count). The van der Waals surface area contributed by atoms with E-state index in [9.17, 15) is 0 Å². The number of para-hydroxylation sites is 1. The Kier molecular flexibility index (Phi) is 9.89. The van der Waals surface area contributed by atoms with Crippen molar-refractivity contribution < 1.29 is 0 Å². The van der Waals surface area contributed by atoms with Gasteiger partial charge in [0, 0.05) is 33.5 Å². The number of hydrogen-bond donors (Lipinski definition) is 0. The number of fused-ring (bicyclic) bond motifs is 8. The molecule has 0 N–H and O–H groups in total. The van der Waals surface area contributed by atoms with Gasteiger partial charge in [0.15, 0.2) is 0 Å². The molecule has 0 atom stereocenters. The first kappa shape index (κ1) is 41.5. The first-order chi connectivity index (χ1) is 35.7. The summed E-state index contributed by atoms with van der Waals surface area (Å²) < 4.78 is 2.43. The maximum Gasteiger partial charge on any atom is 0.0547 e. The Morgan fingerprint density at radius 2 is 0.764 bits per heavy atom. The largest absolute Gasteiger partial charge is 0.310 e. The van der Waals surface area contributed by atoms with Crippen LogP contribution >= 0.6 is 0 Å². The molecule has 72 heavy (non-hydrogen) atoms. The van der Waals surface area contributed by atoms with Crippen molar-refractivity contribution in [2.45, 2.75) is 0 Å². The van der Waals surface area contributed by atoms with Crippen molar-refractivity contribution in [3.05, 3.63) is 279 Å². The van der Waals surface area contributed by atoms with Crippen molar-refractivity contribution in [1.82, 2.24) is 4.57 Å². The van der Waals surface area contributed by atoms with Crippen molar-refractivity contribution in [3.8, 4) is 50.2 Å². The normalized spacial score (nSPS) is 11.6. The van der Waals surface area contributed by atoms with Crippen LogP contribution in [0.1, 0.15) is 0 Å². The highest BCUT2D eigenvalue weighted by Crippen LogP contribution is 2.44. The van der Waals surface area contributed by atoms with Crippen LogP contribution < -0.4 is 4.90 Å². The summed E-state index contributed by atoms with van der Waals surface area (Å²) in [5.74, 6) is 0. The van der Waals surface area contributed by atoms with Crippen molar-refractivity contribution in [3.63, 3.8) is 0 Å². The minimum Gasteiger partial charge on any atom is -0.310 e. The summed E-state index contributed by atoms with van der Waals surface area (Å²) in [6.45, 7) is 0. The Morgan fingerprint density at radius 1 is 0.236 bits per heavy atom. The molecule has 0 unspecified atom stereocenters. The molecule has 336 valence electrons.